The number of carbonyl (C=O) groups excluding carboxylic acids is 1. The van der Waals surface area contributed by atoms with Crippen molar-refractivity contribution in [3.05, 3.63) is 99.9 Å². The van der Waals surface area contributed by atoms with E-state index in [0.717, 1.165) is 18.4 Å². The molecule has 0 aromatic heterocycles. The fourth-order valence-electron chi connectivity index (χ4n) is 3.92. The topological polar surface area (TPSA) is 26.3 Å². The van der Waals surface area contributed by atoms with Crippen molar-refractivity contribution in [2.45, 2.75) is 12.8 Å². The summed E-state index contributed by atoms with van der Waals surface area (Å²) < 4.78 is 5.75. The van der Waals surface area contributed by atoms with Crippen molar-refractivity contribution in [2.75, 3.05) is 0 Å². The van der Waals surface area contributed by atoms with Crippen molar-refractivity contribution in [3.63, 3.8) is 0 Å². The van der Waals surface area contributed by atoms with Crippen LogP contribution in [-0.4, -0.2) is 5.97 Å². The second-order valence-corrected chi connectivity index (χ2v) is 6.82. The number of rotatable bonds is 2. The molecular formula is C25H18O2. The summed E-state index contributed by atoms with van der Waals surface area (Å²) in [7, 11) is 0. The highest BCUT2D eigenvalue weighted by atomic mass is 16.5. The first-order chi connectivity index (χ1) is 13.3. The Morgan fingerprint density at radius 2 is 1.44 bits per heavy atom. The maximum absolute atomic E-state index is 12.5. The van der Waals surface area contributed by atoms with E-state index in [-0.39, 0.29) is 5.97 Å². The minimum atomic E-state index is -0.318. The highest BCUT2D eigenvalue weighted by Gasteiger charge is 2.18. The summed E-state index contributed by atoms with van der Waals surface area (Å²) in [5, 5.41) is 2.41. The van der Waals surface area contributed by atoms with Crippen molar-refractivity contribution in [1.29, 1.82) is 0 Å². The molecular weight excluding hydrogens is 332 g/mol. The van der Waals surface area contributed by atoms with E-state index in [4.69, 9.17) is 4.74 Å². The summed E-state index contributed by atoms with van der Waals surface area (Å²) in [6.45, 7) is 0. The summed E-state index contributed by atoms with van der Waals surface area (Å²) in [4.78, 5) is 12.5. The maximum Gasteiger partial charge on any atom is 0.343 e. The molecule has 2 nitrogen and oxygen atoms in total. The van der Waals surface area contributed by atoms with Gasteiger partial charge in [-0.2, -0.15) is 0 Å². The molecule has 2 aliphatic rings. The van der Waals surface area contributed by atoms with Gasteiger partial charge in [0.25, 0.3) is 0 Å². The van der Waals surface area contributed by atoms with E-state index in [1.54, 1.807) is 12.1 Å². The van der Waals surface area contributed by atoms with Crippen LogP contribution in [0.25, 0.3) is 29.0 Å². The summed E-state index contributed by atoms with van der Waals surface area (Å²) in [5.41, 5.74) is 5.45. The highest BCUT2D eigenvalue weighted by molar-refractivity contribution is 5.93. The molecule has 0 spiro atoms. The van der Waals surface area contributed by atoms with Gasteiger partial charge < -0.3 is 4.74 Å². The van der Waals surface area contributed by atoms with Crippen LogP contribution < -0.4 is 10.4 Å². The smallest absolute Gasteiger partial charge is 0.343 e. The van der Waals surface area contributed by atoms with Crippen LogP contribution in [0.2, 0.25) is 0 Å². The molecule has 0 fully saturated rings. The molecule has 0 bridgehead atoms. The number of hydrogen-bond acceptors (Lipinski definition) is 2. The Bertz CT molecular complexity index is 1200. The summed E-state index contributed by atoms with van der Waals surface area (Å²) in [5.74, 6) is 0.332. The van der Waals surface area contributed by atoms with Crippen LogP contribution in [0.4, 0.5) is 0 Å². The molecule has 0 heterocycles. The van der Waals surface area contributed by atoms with Crippen LogP contribution in [0.5, 0.6) is 0 Å². The second kappa shape index (κ2) is 6.40. The van der Waals surface area contributed by atoms with E-state index >= 15 is 0 Å². The molecule has 0 aliphatic heterocycles. The molecule has 0 N–H and O–H groups in total. The fourth-order valence-corrected chi connectivity index (χ4v) is 3.92. The third-order valence-electron chi connectivity index (χ3n) is 5.22. The van der Waals surface area contributed by atoms with Crippen molar-refractivity contribution < 1.29 is 9.53 Å². The number of allylic oxidation sites excluding steroid dienone is 1. The van der Waals surface area contributed by atoms with Crippen molar-refractivity contribution in [2.24, 2.45) is 0 Å². The van der Waals surface area contributed by atoms with Gasteiger partial charge in [0.05, 0.1) is 5.56 Å². The zero-order valence-electron chi connectivity index (χ0n) is 14.8. The Kier molecular flexibility index (Phi) is 3.75. The first-order valence-electron chi connectivity index (χ1n) is 9.21. The van der Waals surface area contributed by atoms with E-state index in [2.05, 4.69) is 48.6 Å². The normalized spacial score (nSPS) is 13.9. The molecule has 2 heteroatoms. The van der Waals surface area contributed by atoms with E-state index in [0.29, 0.717) is 11.3 Å². The van der Waals surface area contributed by atoms with Crippen LogP contribution in [0.15, 0.2) is 72.8 Å². The average molecular weight is 350 g/mol. The lowest BCUT2D eigenvalue weighted by atomic mass is 9.88. The molecule has 0 radical (unpaired) electrons. The van der Waals surface area contributed by atoms with Crippen LogP contribution in [0, 0.1) is 0 Å². The number of ether oxygens (including phenoxy) is 1. The van der Waals surface area contributed by atoms with Gasteiger partial charge in [0.1, 0.15) is 5.76 Å². The molecule has 0 amide bonds. The van der Waals surface area contributed by atoms with Gasteiger partial charge in [0.2, 0.25) is 0 Å². The minimum Gasteiger partial charge on any atom is -0.423 e. The number of benzene rings is 3. The largest absolute Gasteiger partial charge is 0.423 e. The molecule has 5 rings (SSSR count). The third-order valence-corrected chi connectivity index (χ3v) is 5.22. The summed E-state index contributed by atoms with van der Waals surface area (Å²) in [6, 6.07) is 21.9. The Balaban J connectivity index is 1.56. The van der Waals surface area contributed by atoms with E-state index < -0.39 is 0 Å². The third kappa shape index (κ3) is 2.70. The van der Waals surface area contributed by atoms with Gasteiger partial charge >= 0.3 is 5.97 Å². The molecule has 0 saturated carbocycles. The van der Waals surface area contributed by atoms with Crippen LogP contribution in [0.3, 0.4) is 0 Å². The fraction of sp³-hybridized carbons (Fsp3) is 0.0800. The quantitative estimate of drug-likeness (QED) is 0.651. The molecule has 3 aromatic carbocycles. The second-order valence-electron chi connectivity index (χ2n) is 6.82. The van der Waals surface area contributed by atoms with Gasteiger partial charge in [-0.3, -0.25) is 0 Å². The lowest BCUT2D eigenvalue weighted by Crippen LogP contribution is -2.33. The average Bonchev–Trinajstić information content (AvgIpc) is 2.74. The predicted octanol–water partition coefficient (Wildman–Crippen LogP) is 4.07. The standard InChI is InChI=1S/C25H18O2/c26-25(18-8-2-1-3-9-18)27-24-12-6-11-20-22-14-13-17-7-4-5-10-19(17)21(22)15-16-23(20)24/h1-5,7-12,14-16H,6,13H2. The van der Waals surface area contributed by atoms with Crippen molar-refractivity contribution in [1.82, 2.24) is 0 Å². The minimum absolute atomic E-state index is 0.318. The predicted molar refractivity (Wildman–Crippen MR) is 108 cm³/mol. The summed E-state index contributed by atoms with van der Waals surface area (Å²) in [6.07, 6.45) is 8.17. The van der Waals surface area contributed by atoms with Crippen molar-refractivity contribution in [3.8, 4) is 11.1 Å². The Morgan fingerprint density at radius 3 is 2.33 bits per heavy atom. The summed E-state index contributed by atoms with van der Waals surface area (Å²) >= 11 is 0. The number of hydrogen-bond donors (Lipinski definition) is 0. The maximum atomic E-state index is 12.5. The lowest BCUT2D eigenvalue weighted by molar-refractivity contribution is 0.0691. The van der Waals surface area contributed by atoms with Crippen LogP contribution >= 0.6 is 0 Å². The number of fused-ring (bicyclic) bond motifs is 5. The van der Waals surface area contributed by atoms with E-state index in [1.165, 1.54) is 27.1 Å². The molecule has 3 aromatic rings. The molecule has 0 atom stereocenters. The molecule has 27 heavy (non-hydrogen) atoms. The number of carbonyl (C=O) groups is 1. The molecule has 2 aliphatic carbocycles. The van der Waals surface area contributed by atoms with Crippen LogP contribution in [0.1, 0.15) is 27.9 Å². The molecule has 0 unspecified atom stereocenters. The Morgan fingerprint density at radius 1 is 0.704 bits per heavy atom. The monoisotopic (exact) mass is 350 g/mol. The van der Waals surface area contributed by atoms with E-state index in [9.17, 15) is 4.79 Å². The SMILES string of the molecule is O=C(OC1=CCC=c2c1ccc1c2=CCc2ccccc2-1)c1ccccc1. The van der Waals surface area contributed by atoms with Gasteiger partial charge in [-0.05, 0) is 64.2 Å². The first-order valence-corrected chi connectivity index (χ1v) is 9.21. The van der Waals surface area contributed by atoms with Gasteiger partial charge in [0, 0.05) is 5.56 Å². The zero-order chi connectivity index (χ0) is 18.2. The van der Waals surface area contributed by atoms with Gasteiger partial charge in [-0.15, -0.1) is 0 Å². The highest BCUT2D eigenvalue weighted by Crippen LogP contribution is 2.26. The lowest BCUT2D eigenvalue weighted by Gasteiger charge is -2.19. The van der Waals surface area contributed by atoms with Gasteiger partial charge in [-0.25, -0.2) is 4.79 Å². The van der Waals surface area contributed by atoms with Gasteiger partial charge in [0.15, 0.2) is 0 Å². The van der Waals surface area contributed by atoms with Crippen molar-refractivity contribution >= 4 is 23.9 Å². The first kappa shape index (κ1) is 15.8. The molecule has 0 saturated heterocycles. The Labute approximate surface area is 157 Å². The van der Waals surface area contributed by atoms with Crippen LogP contribution in [-0.2, 0) is 11.2 Å². The van der Waals surface area contributed by atoms with E-state index in [1.807, 2.05) is 24.3 Å². The Hall–Kier alpha value is -3.39. The van der Waals surface area contributed by atoms with Gasteiger partial charge in [-0.1, -0.05) is 60.7 Å². The number of esters is 1. The molecule has 130 valence electrons. The zero-order valence-corrected chi connectivity index (χ0v) is 14.8.